The Labute approximate surface area is 230 Å². The minimum Gasteiger partial charge on any atom is -0.463 e. The van der Waals surface area contributed by atoms with Gasteiger partial charge in [-0.15, -0.1) is 0 Å². The monoisotopic (exact) mass is 562 g/mol. The second kappa shape index (κ2) is 10.2. The fourth-order valence-electron chi connectivity index (χ4n) is 4.35. The van der Waals surface area contributed by atoms with E-state index in [9.17, 15) is 9.59 Å². The standard InChI is InChI=1S/C27H22N4O6S2/c1-4-34-25(33)22-15(3)30-27-31(23(22)16-5-7-18-19(11-16)36-13-35-18)24(32)20(38-27)12-17-6-8-21(37-17)39-26-28-10-9-14(2)29-26/h5-12,23H,4,13H2,1-3H3/b20-12+/t23-/m0/s1. The summed E-state index contributed by atoms with van der Waals surface area (Å²) >= 11 is 2.51. The largest absolute Gasteiger partial charge is 0.463 e. The van der Waals surface area contributed by atoms with Crippen LogP contribution in [0.4, 0.5) is 0 Å². The Bertz CT molecular complexity index is 1820. The average Bonchev–Trinajstić information content (AvgIpc) is 3.63. The molecule has 0 bridgehead atoms. The van der Waals surface area contributed by atoms with Crippen LogP contribution in [0.1, 0.15) is 36.9 Å². The maximum atomic E-state index is 13.8. The van der Waals surface area contributed by atoms with Crippen LogP contribution < -0.4 is 24.4 Å². The number of thiazole rings is 1. The molecule has 5 heterocycles. The van der Waals surface area contributed by atoms with Crippen molar-refractivity contribution in [3.05, 3.63) is 90.6 Å². The quantitative estimate of drug-likeness (QED) is 0.257. The molecule has 0 unspecified atom stereocenters. The van der Waals surface area contributed by atoms with Crippen molar-refractivity contribution in [3.63, 3.8) is 0 Å². The van der Waals surface area contributed by atoms with E-state index < -0.39 is 12.0 Å². The van der Waals surface area contributed by atoms with Gasteiger partial charge >= 0.3 is 5.97 Å². The molecule has 1 atom stereocenters. The van der Waals surface area contributed by atoms with Crippen LogP contribution in [-0.4, -0.2) is 33.9 Å². The van der Waals surface area contributed by atoms with Gasteiger partial charge in [-0.1, -0.05) is 17.4 Å². The topological polar surface area (TPSA) is 118 Å². The Balaban J connectivity index is 1.43. The van der Waals surface area contributed by atoms with Crippen LogP contribution in [0, 0.1) is 6.92 Å². The van der Waals surface area contributed by atoms with Crippen LogP contribution in [0.3, 0.4) is 0 Å². The first-order chi connectivity index (χ1) is 18.9. The molecule has 12 heteroatoms. The van der Waals surface area contributed by atoms with Gasteiger partial charge in [0, 0.05) is 18.0 Å². The van der Waals surface area contributed by atoms with Crippen LogP contribution in [-0.2, 0) is 9.53 Å². The fourth-order valence-corrected chi connectivity index (χ4v) is 6.13. The minimum absolute atomic E-state index is 0.112. The third-order valence-electron chi connectivity index (χ3n) is 6.07. The van der Waals surface area contributed by atoms with Crippen molar-refractivity contribution < 1.29 is 23.4 Å². The summed E-state index contributed by atoms with van der Waals surface area (Å²) in [4.78, 5) is 40.6. The lowest BCUT2D eigenvalue weighted by Gasteiger charge is -2.24. The summed E-state index contributed by atoms with van der Waals surface area (Å²) in [6, 6.07) is 10.0. The molecule has 0 spiro atoms. The van der Waals surface area contributed by atoms with Gasteiger partial charge in [0.05, 0.1) is 28.5 Å². The molecule has 0 saturated carbocycles. The van der Waals surface area contributed by atoms with Crippen molar-refractivity contribution >= 4 is 35.1 Å². The van der Waals surface area contributed by atoms with Crippen molar-refractivity contribution in [1.82, 2.24) is 14.5 Å². The molecule has 0 amide bonds. The molecule has 198 valence electrons. The number of aryl methyl sites for hydroxylation is 1. The number of allylic oxidation sites excluding steroid dienone is 1. The Kier molecular flexibility index (Phi) is 6.57. The zero-order valence-electron chi connectivity index (χ0n) is 21.2. The molecule has 4 aromatic rings. The summed E-state index contributed by atoms with van der Waals surface area (Å²) in [6.45, 7) is 5.68. The van der Waals surface area contributed by atoms with Crippen LogP contribution in [0.25, 0.3) is 6.08 Å². The SMILES string of the molecule is CCOC(=O)C1=C(C)N=c2s/c(=C/c3ccc(Sc4nccc(C)n4)o3)c(=O)n2[C@H]1c1ccc2c(c1)OCO2. The van der Waals surface area contributed by atoms with E-state index in [4.69, 9.17) is 18.6 Å². The highest BCUT2D eigenvalue weighted by Crippen LogP contribution is 2.38. The number of hydrogen-bond donors (Lipinski definition) is 0. The normalized spacial score (nSPS) is 16.3. The third kappa shape index (κ3) is 4.77. The number of carbonyl (C=O) groups is 1. The number of benzene rings is 1. The van der Waals surface area contributed by atoms with Crippen molar-refractivity contribution in [2.24, 2.45) is 4.99 Å². The number of hydrogen-bond acceptors (Lipinski definition) is 11. The highest BCUT2D eigenvalue weighted by Gasteiger charge is 2.34. The van der Waals surface area contributed by atoms with E-state index in [0.29, 0.717) is 53.7 Å². The van der Waals surface area contributed by atoms with E-state index in [-0.39, 0.29) is 19.0 Å². The first-order valence-corrected chi connectivity index (χ1v) is 13.7. The Morgan fingerprint density at radius 2 is 2.05 bits per heavy atom. The van der Waals surface area contributed by atoms with Crippen LogP contribution >= 0.6 is 23.1 Å². The molecule has 0 fully saturated rings. The molecule has 0 saturated heterocycles. The Hall–Kier alpha value is -4.16. The van der Waals surface area contributed by atoms with Crippen molar-refractivity contribution in [2.45, 2.75) is 37.1 Å². The first-order valence-electron chi connectivity index (χ1n) is 12.1. The molecule has 10 nitrogen and oxygen atoms in total. The summed E-state index contributed by atoms with van der Waals surface area (Å²) < 4.78 is 24.2. The number of nitrogens with zero attached hydrogens (tertiary/aromatic N) is 4. The minimum atomic E-state index is -0.752. The van der Waals surface area contributed by atoms with Gasteiger partial charge < -0.3 is 18.6 Å². The maximum absolute atomic E-state index is 13.8. The first kappa shape index (κ1) is 25.1. The van der Waals surface area contributed by atoms with E-state index in [1.807, 2.05) is 19.1 Å². The van der Waals surface area contributed by atoms with E-state index >= 15 is 0 Å². The summed E-state index contributed by atoms with van der Waals surface area (Å²) in [5.74, 6) is 1.12. The van der Waals surface area contributed by atoms with Crippen LogP contribution in [0.2, 0.25) is 0 Å². The molecule has 39 heavy (non-hydrogen) atoms. The van der Waals surface area contributed by atoms with Crippen molar-refractivity contribution in [2.75, 3.05) is 13.4 Å². The van der Waals surface area contributed by atoms with Crippen LogP contribution in [0.5, 0.6) is 11.5 Å². The number of carbonyl (C=O) groups excluding carboxylic acids is 1. The number of fused-ring (bicyclic) bond motifs is 2. The zero-order chi connectivity index (χ0) is 27.1. The average molecular weight is 563 g/mol. The van der Waals surface area contributed by atoms with Crippen LogP contribution in [0.15, 0.2) is 78.3 Å². The predicted molar refractivity (Wildman–Crippen MR) is 143 cm³/mol. The molecular weight excluding hydrogens is 540 g/mol. The van der Waals surface area contributed by atoms with Gasteiger partial charge in [0.25, 0.3) is 5.56 Å². The van der Waals surface area contributed by atoms with E-state index in [2.05, 4.69) is 15.0 Å². The smallest absolute Gasteiger partial charge is 0.338 e. The molecule has 1 aromatic carbocycles. The second-order valence-corrected chi connectivity index (χ2v) is 10.6. The lowest BCUT2D eigenvalue weighted by atomic mass is 9.95. The highest BCUT2D eigenvalue weighted by atomic mass is 32.2. The maximum Gasteiger partial charge on any atom is 0.338 e. The van der Waals surface area contributed by atoms with Gasteiger partial charge in [0.15, 0.2) is 26.5 Å². The van der Waals surface area contributed by atoms with Gasteiger partial charge in [-0.3, -0.25) is 9.36 Å². The van der Waals surface area contributed by atoms with Gasteiger partial charge in [-0.25, -0.2) is 19.8 Å². The van der Waals surface area contributed by atoms with Crippen molar-refractivity contribution in [1.29, 1.82) is 0 Å². The zero-order valence-corrected chi connectivity index (χ0v) is 22.8. The van der Waals surface area contributed by atoms with E-state index in [1.165, 1.54) is 27.7 Å². The van der Waals surface area contributed by atoms with E-state index in [1.54, 1.807) is 50.4 Å². The number of esters is 1. The summed E-state index contributed by atoms with van der Waals surface area (Å²) in [5.41, 5.74) is 2.01. The van der Waals surface area contributed by atoms with Gasteiger partial charge in [0.2, 0.25) is 6.79 Å². The molecule has 0 aliphatic carbocycles. The van der Waals surface area contributed by atoms with Gasteiger partial charge in [0.1, 0.15) is 5.76 Å². The molecule has 0 N–H and O–H groups in total. The Morgan fingerprint density at radius 3 is 2.87 bits per heavy atom. The fraction of sp³-hybridized carbons (Fsp3) is 0.222. The highest BCUT2D eigenvalue weighted by molar-refractivity contribution is 7.99. The molecule has 3 aromatic heterocycles. The molecule has 0 radical (unpaired) electrons. The number of furan rings is 1. The summed E-state index contributed by atoms with van der Waals surface area (Å²) in [7, 11) is 0. The van der Waals surface area contributed by atoms with Gasteiger partial charge in [-0.05, 0) is 68.4 Å². The molecule has 2 aliphatic rings. The van der Waals surface area contributed by atoms with Crippen molar-refractivity contribution in [3.8, 4) is 11.5 Å². The Morgan fingerprint density at radius 1 is 1.21 bits per heavy atom. The number of rotatable bonds is 6. The third-order valence-corrected chi connectivity index (χ3v) is 7.85. The summed E-state index contributed by atoms with van der Waals surface area (Å²) in [6.07, 6.45) is 3.36. The number of aromatic nitrogens is 3. The lowest BCUT2D eigenvalue weighted by Crippen LogP contribution is -2.39. The van der Waals surface area contributed by atoms with E-state index in [0.717, 1.165) is 5.69 Å². The molecule has 2 aliphatic heterocycles. The lowest BCUT2D eigenvalue weighted by molar-refractivity contribution is -0.139. The summed E-state index contributed by atoms with van der Waals surface area (Å²) in [5, 5.41) is 1.17. The number of ether oxygens (including phenoxy) is 3. The molecular formula is C27H22N4O6S2. The van der Waals surface area contributed by atoms with Gasteiger partial charge in [-0.2, -0.15) is 0 Å². The second-order valence-electron chi connectivity index (χ2n) is 8.65. The molecule has 6 rings (SSSR count). The predicted octanol–water partition coefficient (Wildman–Crippen LogP) is 3.37.